The fourth-order valence-electron chi connectivity index (χ4n) is 1.36. The van der Waals surface area contributed by atoms with E-state index < -0.39 is 0 Å². The monoisotopic (exact) mass is 220 g/mol. The van der Waals surface area contributed by atoms with Gasteiger partial charge < -0.3 is 10.2 Å². The summed E-state index contributed by atoms with van der Waals surface area (Å²) < 4.78 is 5.49. The Morgan fingerprint density at radius 3 is 3.00 bits per heavy atom. The van der Waals surface area contributed by atoms with Crippen molar-refractivity contribution in [3.8, 4) is 5.88 Å². The molecular weight excluding hydrogens is 204 g/mol. The van der Waals surface area contributed by atoms with Crippen LogP contribution in [0.1, 0.15) is 31.0 Å². The van der Waals surface area contributed by atoms with E-state index >= 15 is 0 Å². The molecule has 0 amide bonds. The van der Waals surface area contributed by atoms with E-state index in [-0.39, 0.29) is 0 Å². The van der Waals surface area contributed by atoms with Gasteiger partial charge in [0.05, 0.1) is 6.61 Å². The lowest BCUT2D eigenvalue weighted by Gasteiger charge is -2.07. The number of hydrazine groups is 1. The molecule has 0 spiro atoms. The Morgan fingerprint density at radius 2 is 2.38 bits per heavy atom. The summed E-state index contributed by atoms with van der Waals surface area (Å²) in [5, 5.41) is 0. The SMILES string of the molecule is C=CCCOc1cc(NN)nc(C2CC2)n1. The lowest BCUT2D eigenvalue weighted by atomic mass is 10.4. The first-order valence-electron chi connectivity index (χ1n) is 5.42. The van der Waals surface area contributed by atoms with E-state index in [1.54, 1.807) is 6.07 Å². The highest BCUT2D eigenvalue weighted by molar-refractivity contribution is 5.38. The third-order valence-corrected chi connectivity index (χ3v) is 2.38. The summed E-state index contributed by atoms with van der Waals surface area (Å²) in [6.07, 6.45) is 4.92. The van der Waals surface area contributed by atoms with Crippen LogP contribution in [0, 0.1) is 0 Å². The largest absolute Gasteiger partial charge is 0.477 e. The number of nitrogens with two attached hydrogens (primary N) is 1. The number of nitrogens with one attached hydrogen (secondary N) is 1. The lowest BCUT2D eigenvalue weighted by molar-refractivity contribution is 0.311. The van der Waals surface area contributed by atoms with E-state index in [4.69, 9.17) is 10.6 Å². The lowest BCUT2D eigenvalue weighted by Crippen LogP contribution is -2.11. The second kappa shape index (κ2) is 4.94. The first kappa shape index (κ1) is 10.9. The summed E-state index contributed by atoms with van der Waals surface area (Å²) in [6, 6.07) is 1.70. The number of ether oxygens (including phenoxy) is 1. The third kappa shape index (κ3) is 2.70. The second-order valence-electron chi connectivity index (χ2n) is 3.79. The van der Waals surface area contributed by atoms with Crippen LogP contribution in [-0.2, 0) is 0 Å². The van der Waals surface area contributed by atoms with Crippen LogP contribution in [0.25, 0.3) is 0 Å². The number of rotatable bonds is 6. The maximum absolute atomic E-state index is 5.49. The summed E-state index contributed by atoms with van der Waals surface area (Å²) >= 11 is 0. The molecule has 1 aromatic heterocycles. The van der Waals surface area contributed by atoms with E-state index in [1.165, 1.54) is 0 Å². The normalized spacial score (nSPS) is 14.6. The van der Waals surface area contributed by atoms with Gasteiger partial charge in [0.15, 0.2) is 0 Å². The molecule has 1 saturated carbocycles. The van der Waals surface area contributed by atoms with Gasteiger partial charge in [-0.05, 0) is 19.3 Å². The Bertz CT molecular complexity index is 376. The van der Waals surface area contributed by atoms with Crippen molar-refractivity contribution < 1.29 is 4.74 Å². The van der Waals surface area contributed by atoms with Crippen LogP contribution in [0.2, 0.25) is 0 Å². The molecule has 1 fully saturated rings. The van der Waals surface area contributed by atoms with Crippen molar-refractivity contribution >= 4 is 5.82 Å². The number of anilines is 1. The molecule has 1 aliphatic carbocycles. The van der Waals surface area contributed by atoms with Gasteiger partial charge in [0.25, 0.3) is 0 Å². The molecule has 1 heterocycles. The molecule has 16 heavy (non-hydrogen) atoms. The summed E-state index contributed by atoms with van der Waals surface area (Å²) in [5.74, 6) is 7.83. The number of hydrogen-bond donors (Lipinski definition) is 2. The van der Waals surface area contributed by atoms with Crippen LogP contribution in [0.15, 0.2) is 18.7 Å². The minimum Gasteiger partial charge on any atom is -0.477 e. The number of nitrogens with zero attached hydrogens (tertiary/aromatic N) is 2. The zero-order valence-electron chi connectivity index (χ0n) is 9.15. The molecule has 86 valence electrons. The van der Waals surface area contributed by atoms with Crippen LogP contribution in [-0.4, -0.2) is 16.6 Å². The van der Waals surface area contributed by atoms with Gasteiger partial charge >= 0.3 is 0 Å². The number of hydrogen-bond acceptors (Lipinski definition) is 5. The quantitative estimate of drug-likeness (QED) is 0.329. The molecule has 1 aliphatic rings. The molecule has 1 aromatic rings. The summed E-state index contributed by atoms with van der Waals surface area (Å²) in [6.45, 7) is 4.21. The Hall–Kier alpha value is -1.62. The van der Waals surface area contributed by atoms with Gasteiger partial charge in [0.2, 0.25) is 5.88 Å². The van der Waals surface area contributed by atoms with Crippen molar-refractivity contribution in [1.29, 1.82) is 0 Å². The van der Waals surface area contributed by atoms with Gasteiger partial charge in [-0.1, -0.05) is 6.08 Å². The van der Waals surface area contributed by atoms with Gasteiger partial charge in [-0.2, -0.15) is 4.98 Å². The summed E-state index contributed by atoms with van der Waals surface area (Å²) in [5.41, 5.74) is 2.53. The zero-order chi connectivity index (χ0) is 11.4. The summed E-state index contributed by atoms with van der Waals surface area (Å²) in [4.78, 5) is 8.65. The molecule has 5 heteroatoms. The average Bonchev–Trinajstić information content (AvgIpc) is 3.13. The molecule has 5 nitrogen and oxygen atoms in total. The Balaban J connectivity index is 2.09. The standard InChI is InChI=1S/C11H16N4O/c1-2-3-6-16-10-7-9(15-12)13-11(14-10)8-4-5-8/h2,7-8H,1,3-6,12H2,(H,13,14,15). The Labute approximate surface area is 94.7 Å². The van der Waals surface area contributed by atoms with Gasteiger partial charge in [-0.15, -0.1) is 6.58 Å². The molecule has 2 rings (SSSR count). The fourth-order valence-corrected chi connectivity index (χ4v) is 1.36. The molecule has 0 aromatic carbocycles. The number of nitrogen functional groups attached to an aromatic ring is 1. The molecule has 0 unspecified atom stereocenters. The molecule has 0 bridgehead atoms. The second-order valence-corrected chi connectivity index (χ2v) is 3.79. The van der Waals surface area contributed by atoms with Crippen molar-refractivity contribution in [2.45, 2.75) is 25.2 Å². The minimum atomic E-state index is 0.482. The topological polar surface area (TPSA) is 73.1 Å². The molecular formula is C11H16N4O. The summed E-state index contributed by atoms with van der Waals surface area (Å²) in [7, 11) is 0. The average molecular weight is 220 g/mol. The third-order valence-electron chi connectivity index (χ3n) is 2.38. The maximum atomic E-state index is 5.49. The van der Waals surface area contributed by atoms with Crippen molar-refractivity contribution in [2.24, 2.45) is 5.84 Å². The molecule has 0 saturated heterocycles. The van der Waals surface area contributed by atoms with E-state index in [2.05, 4.69) is 22.0 Å². The first-order valence-corrected chi connectivity index (χ1v) is 5.42. The van der Waals surface area contributed by atoms with Crippen LogP contribution < -0.4 is 16.0 Å². The molecule has 0 aliphatic heterocycles. The van der Waals surface area contributed by atoms with E-state index in [9.17, 15) is 0 Å². The highest BCUT2D eigenvalue weighted by Gasteiger charge is 2.27. The van der Waals surface area contributed by atoms with Crippen LogP contribution in [0.3, 0.4) is 0 Å². The minimum absolute atomic E-state index is 0.482. The first-order chi connectivity index (χ1) is 7.83. The Morgan fingerprint density at radius 1 is 1.56 bits per heavy atom. The molecule has 0 radical (unpaired) electrons. The van der Waals surface area contributed by atoms with Crippen molar-refractivity contribution in [3.05, 3.63) is 24.5 Å². The predicted octanol–water partition coefficient (Wildman–Crippen LogP) is 1.59. The van der Waals surface area contributed by atoms with Crippen LogP contribution in [0.4, 0.5) is 5.82 Å². The number of aromatic nitrogens is 2. The van der Waals surface area contributed by atoms with Gasteiger partial charge in [-0.3, -0.25) is 0 Å². The van der Waals surface area contributed by atoms with Crippen molar-refractivity contribution in [1.82, 2.24) is 9.97 Å². The van der Waals surface area contributed by atoms with E-state index in [1.807, 2.05) is 6.08 Å². The highest BCUT2D eigenvalue weighted by Crippen LogP contribution is 2.38. The Kier molecular flexibility index (Phi) is 3.36. The molecule has 0 atom stereocenters. The zero-order valence-corrected chi connectivity index (χ0v) is 9.15. The van der Waals surface area contributed by atoms with Crippen LogP contribution in [0.5, 0.6) is 5.88 Å². The van der Waals surface area contributed by atoms with Gasteiger partial charge in [0, 0.05) is 12.0 Å². The molecule has 3 N–H and O–H groups in total. The van der Waals surface area contributed by atoms with Crippen LogP contribution >= 0.6 is 0 Å². The van der Waals surface area contributed by atoms with Gasteiger partial charge in [0.1, 0.15) is 11.6 Å². The van der Waals surface area contributed by atoms with E-state index in [0.29, 0.717) is 24.2 Å². The highest BCUT2D eigenvalue weighted by atomic mass is 16.5. The maximum Gasteiger partial charge on any atom is 0.218 e. The van der Waals surface area contributed by atoms with Crippen molar-refractivity contribution in [2.75, 3.05) is 12.0 Å². The fraction of sp³-hybridized carbons (Fsp3) is 0.455. The predicted molar refractivity (Wildman–Crippen MR) is 62.1 cm³/mol. The van der Waals surface area contributed by atoms with E-state index in [0.717, 1.165) is 25.1 Å². The van der Waals surface area contributed by atoms with Gasteiger partial charge in [-0.25, -0.2) is 10.8 Å². The smallest absolute Gasteiger partial charge is 0.218 e. The van der Waals surface area contributed by atoms with Crippen molar-refractivity contribution in [3.63, 3.8) is 0 Å².